The number of alkyl halides is 3. The van der Waals surface area contributed by atoms with E-state index in [-0.39, 0.29) is 17.8 Å². The number of halogens is 4. The van der Waals surface area contributed by atoms with Crippen LogP contribution in [0.25, 0.3) is 0 Å². The summed E-state index contributed by atoms with van der Waals surface area (Å²) in [5.74, 6) is -3.95. The van der Waals surface area contributed by atoms with E-state index in [1.807, 2.05) is 0 Å². The lowest BCUT2D eigenvalue weighted by Crippen LogP contribution is -2.38. The molecule has 152 valence electrons. The first-order valence-corrected chi connectivity index (χ1v) is 8.43. The lowest BCUT2D eigenvalue weighted by Gasteiger charge is -2.24. The molecule has 3 amide bonds. The molecule has 3 N–H and O–H groups in total. The number of benzene rings is 2. The van der Waals surface area contributed by atoms with E-state index in [0.717, 1.165) is 25.1 Å². The second kappa shape index (κ2) is 7.53. The normalized spacial score (nSPS) is 15.9. The van der Waals surface area contributed by atoms with Crippen molar-refractivity contribution in [1.29, 1.82) is 0 Å². The van der Waals surface area contributed by atoms with Gasteiger partial charge in [0.05, 0.1) is 16.9 Å². The molecule has 0 aliphatic carbocycles. The minimum Gasteiger partial charge on any atom is -0.325 e. The third-order valence-electron chi connectivity index (χ3n) is 4.30. The standard InChI is InChI=1S/C19H15F4N3O3/c1-9(27)24-15-4-2-11(19(21,22)23)8-16(15)26-18(29)13-7-10-6-12(20)3-5-14(10)25-17(13)28/h2-6,8,13H,7H2,1H3,(H,24,27)(H,25,28)(H,26,29). The number of rotatable bonds is 3. The molecule has 0 fully saturated rings. The second-order valence-corrected chi connectivity index (χ2v) is 6.48. The molecule has 1 unspecified atom stereocenters. The first-order chi connectivity index (χ1) is 13.5. The Bertz CT molecular complexity index is 1000. The Hall–Kier alpha value is -3.43. The zero-order valence-electron chi connectivity index (χ0n) is 15.0. The average Bonchev–Trinajstić information content (AvgIpc) is 2.61. The zero-order valence-corrected chi connectivity index (χ0v) is 15.0. The van der Waals surface area contributed by atoms with Gasteiger partial charge in [0, 0.05) is 12.6 Å². The minimum atomic E-state index is -4.67. The quantitative estimate of drug-likeness (QED) is 0.535. The van der Waals surface area contributed by atoms with Crippen LogP contribution in [0.15, 0.2) is 36.4 Å². The average molecular weight is 409 g/mol. The molecule has 0 aromatic heterocycles. The van der Waals surface area contributed by atoms with Crippen LogP contribution in [-0.2, 0) is 27.0 Å². The molecule has 1 aliphatic rings. The summed E-state index contributed by atoms with van der Waals surface area (Å²) in [7, 11) is 0. The van der Waals surface area contributed by atoms with Gasteiger partial charge in [-0.1, -0.05) is 0 Å². The SMILES string of the molecule is CC(=O)Nc1ccc(C(F)(F)F)cc1NC(=O)C1Cc2cc(F)ccc2NC1=O. The van der Waals surface area contributed by atoms with Crippen LogP contribution < -0.4 is 16.0 Å². The molecular formula is C19H15F4N3O3. The molecule has 6 nitrogen and oxygen atoms in total. The van der Waals surface area contributed by atoms with Crippen molar-refractivity contribution < 1.29 is 31.9 Å². The van der Waals surface area contributed by atoms with Crippen LogP contribution in [0.3, 0.4) is 0 Å². The summed E-state index contributed by atoms with van der Waals surface area (Å²) in [5.41, 5.74) is -0.656. The van der Waals surface area contributed by atoms with Gasteiger partial charge in [0.15, 0.2) is 0 Å². The minimum absolute atomic E-state index is 0.0542. The van der Waals surface area contributed by atoms with Gasteiger partial charge in [-0.05, 0) is 48.4 Å². The highest BCUT2D eigenvalue weighted by Crippen LogP contribution is 2.35. The van der Waals surface area contributed by atoms with Crippen LogP contribution >= 0.6 is 0 Å². The van der Waals surface area contributed by atoms with Crippen LogP contribution in [-0.4, -0.2) is 17.7 Å². The Morgan fingerprint density at radius 1 is 1.07 bits per heavy atom. The largest absolute Gasteiger partial charge is 0.416 e. The molecule has 1 heterocycles. The van der Waals surface area contributed by atoms with E-state index < -0.39 is 41.2 Å². The van der Waals surface area contributed by atoms with Crippen molar-refractivity contribution in [3.8, 4) is 0 Å². The lowest BCUT2D eigenvalue weighted by molar-refractivity contribution is -0.137. The fourth-order valence-electron chi connectivity index (χ4n) is 2.94. The van der Waals surface area contributed by atoms with Crippen molar-refractivity contribution in [2.24, 2.45) is 5.92 Å². The van der Waals surface area contributed by atoms with E-state index in [1.54, 1.807) is 0 Å². The second-order valence-electron chi connectivity index (χ2n) is 6.48. The van der Waals surface area contributed by atoms with Crippen LogP contribution in [0, 0.1) is 11.7 Å². The fourth-order valence-corrected chi connectivity index (χ4v) is 2.94. The molecule has 29 heavy (non-hydrogen) atoms. The van der Waals surface area contributed by atoms with Gasteiger partial charge in [0.25, 0.3) is 0 Å². The molecular weight excluding hydrogens is 394 g/mol. The Labute approximate surface area is 162 Å². The monoisotopic (exact) mass is 409 g/mol. The summed E-state index contributed by atoms with van der Waals surface area (Å²) in [6.45, 7) is 1.16. The number of amides is 3. The maximum Gasteiger partial charge on any atom is 0.416 e. The molecule has 0 radical (unpaired) electrons. The number of carbonyl (C=O) groups is 3. The maximum atomic E-state index is 13.4. The van der Waals surface area contributed by atoms with Crippen molar-refractivity contribution >= 4 is 34.8 Å². The van der Waals surface area contributed by atoms with Crippen molar-refractivity contribution in [3.05, 3.63) is 53.3 Å². The molecule has 10 heteroatoms. The van der Waals surface area contributed by atoms with Crippen LogP contribution in [0.5, 0.6) is 0 Å². The predicted octanol–water partition coefficient (Wildman–Crippen LogP) is 3.55. The van der Waals surface area contributed by atoms with Gasteiger partial charge in [0.2, 0.25) is 17.7 Å². The van der Waals surface area contributed by atoms with E-state index in [2.05, 4.69) is 16.0 Å². The number of hydrogen-bond donors (Lipinski definition) is 3. The Morgan fingerprint density at radius 2 is 1.79 bits per heavy atom. The fraction of sp³-hybridized carbons (Fsp3) is 0.211. The first kappa shape index (κ1) is 20.3. The Morgan fingerprint density at radius 3 is 2.45 bits per heavy atom. The zero-order chi connectivity index (χ0) is 21.3. The number of carbonyl (C=O) groups excluding carboxylic acids is 3. The molecule has 0 saturated carbocycles. The highest BCUT2D eigenvalue weighted by atomic mass is 19.4. The third-order valence-corrected chi connectivity index (χ3v) is 4.30. The van der Waals surface area contributed by atoms with E-state index in [1.165, 1.54) is 12.1 Å². The van der Waals surface area contributed by atoms with Crippen molar-refractivity contribution in [2.45, 2.75) is 19.5 Å². The molecule has 2 aromatic rings. The molecule has 0 saturated heterocycles. The topological polar surface area (TPSA) is 87.3 Å². The van der Waals surface area contributed by atoms with Crippen molar-refractivity contribution in [1.82, 2.24) is 0 Å². The Kier molecular flexibility index (Phi) is 5.27. The van der Waals surface area contributed by atoms with Gasteiger partial charge in [-0.15, -0.1) is 0 Å². The van der Waals surface area contributed by atoms with Crippen LogP contribution in [0.4, 0.5) is 34.6 Å². The summed E-state index contributed by atoms with van der Waals surface area (Å²) in [6.07, 6.45) is -4.80. The molecule has 0 spiro atoms. The lowest BCUT2D eigenvalue weighted by atomic mass is 9.92. The summed E-state index contributed by atoms with van der Waals surface area (Å²) in [6, 6.07) is 6.11. The van der Waals surface area contributed by atoms with E-state index >= 15 is 0 Å². The highest BCUT2D eigenvalue weighted by Gasteiger charge is 2.34. The predicted molar refractivity (Wildman–Crippen MR) is 96.6 cm³/mol. The summed E-state index contributed by atoms with van der Waals surface area (Å²) in [4.78, 5) is 36.2. The van der Waals surface area contributed by atoms with Gasteiger partial charge in [-0.25, -0.2) is 4.39 Å². The number of fused-ring (bicyclic) bond motifs is 1. The number of hydrogen-bond acceptors (Lipinski definition) is 3. The number of anilines is 3. The van der Waals surface area contributed by atoms with Crippen LogP contribution in [0.1, 0.15) is 18.1 Å². The van der Waals surface area contributed by atoms with Gasteiger partial charge < -0.3 is 16.0 Å². The smallest absolute Gasteiger partial charge is 0.325 e. The summed E-state index contributed by atoms with van der Waals surface area (Å²) in [5, 5.41) is 7.06. The van der Waals surface area contributed by atoms with Gasteiger partial charge in [0.1, 0.15) is 11.7 Å². The summed E-state index contributed by atoms with van der Waals surface area (Å²) >= 11 is 0. The van der Waals surface area contributed by atoms with Crippen LogP contribution in [0.2, 0.25) is 0 Å². The van der Waals surface area contributed by atoms with E-state index in [9.17, 15) is 31.9 Å². The van der Waals surface area contributed by atoms with E-state index in [0.29, 0.717) is 17.3 Å². The van der Waals surface area contributed by atoms with Gasteiger partial charge in [-0.2, -0.15) is 13.2 Å². The molecule has 1 aliphatic heterocycles. The molecule has 0 bridgehead atoms. The highest BCUT2D eigenvalue weighted by molar-refractivity contribution is 6.13. The van der Waals surface area contributed by atoms with Gasteiger partial charge in [-0.3, -0.25) is 14.4 Å². The van der Waals surface area contributed by atoms with E-state index in [4.69, 9.17) is 0 Å². The Balaban J connectivity index is 1.89. The van der Waals surface area contributed by atoms with Gasteiger partial charge >= 0.3 is 6.18 Å². The maximum absolute atomic E-state index is 13.4. The molecule has 2 aromatic carbocycles. The van der Waals surface area contributed by atoms with Crippen molar-refractivity contribution in [3.63, 3.8) is 0 Å². The third kappa shape index (κ3) is 4.53. The molecule has 1 atom stereocenters. The number of nitrogens with one attached hydrogen (secondary N) is 3. The summed E-state index contributed by atoms with van der Waals surface area (Å²) < 4.78 is 52.5. The van der Waals surface area contributed by atoms with Crippen molar-refractivity contribution in [2.75, 3.05) is 16.0 Å². The molecule has 3 rings (SSSR count). The first-order valence-electron chi connectivity index (χ1n) is 8.43.